The Labute approximate surface area is 181 Å². The summed E-state index contributed by atoms with van der Waals surface area (Å²) in [5.74, 6) is 2.35. The van der Waals surface area contributed by atoms with E-state index in [1.54, 1.807) is 13.2 Å². The van der Waals surface area contributed by atoms with Gasteiger partial charge in [-0.05, 0) is 24.3 Å². The molecule has 0 bridgehead atoms. The lowest BCUT2D eigenvalue weighted by molar-refractivity contribution is -0.135. The lowest BCUT2D eigenvalue weighted by Gasteiger charge is -2.34. The van der Waals surface area contributed by atoms with Crippen LogP contribution in [0.25, 0.3) is 11.5 Å². The van der Waals surface area contributed by atoms with Crippen LogP contribution in [-0.4, -0.2) is 72.3 Å². The zero-order chi connectivity index (χ0) is 21.5. The maximum Gasteiger partial charge on any atom is 0.260 e. The van der Waals surface area contributed by atoms with Crippen LogP contribution < -0.4 is 9.47 Å². The van der Waals surface area contributed by atoms with Crippen molar-refractivity contribution in [2.24, 2.45) is 0 Å². The minimum absolute atomic E-state index is 0.00458. The number of carbonyl (C=O) groups excluding carboxylic acids is 1. The summed E-state index contributed by atoms with van der Waals surface area (Å²) in [6.07, 6.45) is 0.685. The van der Waals surface area contributed by atoms with Gasteiger partial charge in [-0.2, -0.15) is 0 Å². The number of methoxy groups -OCH3 is 1. The second-order valence-electron chi connectivity index (χ2n) is 7.28. The van der Waals surface area contributed by atoms with Gasteiger partial charge in [-0.1, -0.05) is 30.3 Å². The molecule has 2 heterocycles. The lowest BCUT2D eigenvalue weighted by Crippen LogP contribution is -2.50. The molecule has 1 aromatic heterocycles. The van der Waals surface area contributed by atoms with E-state index in [1.165, 1.54) is 0 Å². The SMILES string of the molecule is COc1ccccc1OCC(=O)N1CCN(CCc2nnc(-c3ccccc3)o2)CC1. The molecule has 4 rings (SSSR count). The van der Waals surface area contributed by atoms with E-state index in [1.807, 2.05) is 53.4 Å². The topological polar surface area (TPSA) is 80.9 Å². The van der Waals surface area contributed by atoms with Crippen molar-refractivity contribution in [3.8, 4) is 23.0 Å². The molecular formula is C23H26N4O4. The predicted octanol–water partition coefficient (Wildman–Crippen LogP) is 2.51. The van der Waals surface area contributed by atoms with Gasteiger partial charge in [-0.25, -0.2) is 0 Å². The fraction of sp³-hybridized carbons (Fsp3) is 0.348. The zero-order valence-corrected chi connectivity index (χ0v) is 17.6. The van der Waals surface area contributed by atoms with Gasteiger partial charge in [0.2, 0.25) is 11.8 Å². The molecule has 1 aliphatic heterocycles. The first kappa shape index (κ1) is 20.9. The number of aromatic nitrogens is 2. The first-order valence-electron chi connectivity index (χ1n) is 10.4. The molecule has 1 amide bonds. The molecule has 8 heteroatoms. The van der Waals surface area contributed by atoms with Crippen LogP contribution in [0.4, 0.5) is 0 Å². The molecule has 162 valence electrons. The van der Waals surface area contributed by atoms with E-state index in [-0.39, 0.29) is 12.5 Å². The van der Waals surface area contributed by atoms with E-state index < -0.39 is 0 Å². The van der Waals surface area contributed by atoms with Gasteiger partial charge in [0.1, 0.15) is 0 Å². The predicted molar refractivity (Wildman–Crippen MR) is 115 cm³/mol. The molecule has 3 aromatic rings. The van der Waals surface area contributed by atoms with Gasteiger partial charge in [0.05, 0.1) is 7.11 Å². The first-order valence-corrected chi connectivity index (χ1v) is 10.4. The van der Waals surface area contributed by atoms with E-state index in [2.05, 4.69) is 15.1 Å². The van der Waals surface area contributed by atoms with Crippen LogP contribution in [0.2, 0.25) is 0 Å². The van der Waals surface area contributed by atoms with Gasteiger partial charge in [-0.15, -0.1) is 10.2 Å². The van der Waals surface area contributed by atoms with Crippen molar-refractivity contribution < 1.29 is 18.7 Å². The van der Waals surface area contributed by atoms with Gasteiger partial charge in [-0.3, -0.25) is 9.69 Å². The molecule has 0 unspecified atom stereocenters. The molecule has 0 radical (unpaired) electrons. The number of nitrogens with zero attached hydrogens (tertiary/aromatic N) is 4. The number of hydrogen-bond donors (Lipinski definition) is 0. The van der Waals surface area contributed by atoms with E-state index in [4.69, 9.17) is 13.9 Å². The molecule has 31 heavy (non-hydrogen) atoms. The van der Waals surface area contributed by atoms with Crippen molar-refractivity contribution in [3.05, 3.63) is 60.5 Å². The summed E-state index contributed by atoms with van der Waals surface area (Å²) in [4.78, 5) is 16.6. The summed E-state index contributed by atoms with van der Waals surface area (Å²) in [6.45, 7) is 3.78. The number of piperazine rings is 1. The number of amides is 1. The normalized spacial score (nSPS) is 14.4. The Balaban J connectivity index is 1.20. The average molecular weight is 422 g/mol. The van der Waals surface area contributed by atoms with Crippen LogP contribution in [0.3, 0.4) is 0 Å². The highest BCUT2D eigenvalue weighted by molar-refractivity contribution is 5.78. The quantitative estimate of drug-likeness (QED) is 0.552. The van der Waals surface area contributed by atoms with Gasteiger partial charge in [0.25, 0.3) is 5.91 Å². The fourth-order valence-corrected chi connectivity index (χ4v) is 3.50. The number of rotatable bonds is 8. The third kappa shape index (κ3) is 5.40. The van der Waals surface area contributed by atoms with Gasteiger partial charge >= 0.3 is 0 Å². The number of para-hydroxylation sites is 2. The fourth-order valence-electron chi connectivity index (χ4n) is 3.50. The number of hydrogen-bond acceptors (Lipinski definition) is 7. The van der Waals surface area contributed by atoms with Crippen molar-refractivity contribution in [1.29, 1.82) is 0 Å². The molecule has 1 saturated heterocycles. The van der Waals surface area contributed by atoms with Crippen LogP contribution in [0.15, 0.2) is 59.0 Å². The highest BCUT2D eigenvalue weighted by Crippen LogP contribution is 2.25. The second-order valence-corrected chi connectivity index (χ2v) is 7.28. The molecular weight excluding hydrogens is 396 g/mol. The van der Waals surface area contributed by atoms with E-state index in [0.29, 0.717) is 42.8 Å². The summed E-state index contributed by atoms with van der Waals surface area (Å²) in [7, 11) is 1.58. The Kier molecular flexibility index (Phi) is 6.78. The summed E-state index contributed by atoms with van der Waals surface area (Å²) in [5.41, 5.74) is 0.920. The minimum atomic E-state index is -0.0186. The Bertz CT molecular complexity index is 984. The molecule has 0 atom stereocenters. The monoisotopic (exact) mass is 422 g/mol. The van der Waals surface area contributed by atoms with Crippen LogP contribution in [0, 0.1) is 0 Å². The number of carbonyl (C=O) groups is 1. The third-order valence-corrected chi connectivity index (χ3v) is 5.27. The summed E-state index contributed by atoms with van der Waals surface area (Å²) < 4.78 is 16.7. The molecule has 0 spiro atoms. The van der Waals surface area contributed by atoms with Gasteiger partial charge < -0.3 is 18.8 Å². The summed E-state index contributed by atoms with van der Waals surface area (Å²) in [5, 5.41) is 8.29. The molecule has 0 aliphatic carbocycles. The molecule has 1 aliphatic rings. The minimum Gasteiger partial charge on any atom is -0.493 e. The van der Waals surface area contributed by atoms with E-state index in [9.17, 15) is 4.79 Å². The second kappa shape index (κ2) is 10.1. The Morgan fingerprint density at radius 1 is 0.968 bits per heavy atom. The van der Waals surface area contributed by atoms with Crippen molar-refractivity contribution in [2.45, 2.75) is 6.42 Å². The maximum atomic E-state index is 12.5. The van der Waals surface area contributed by atoms with Crippen LogP contribution in [-0.2, 0) is 11.2 Å². The summed E-state index contributed by atoms with van der Waals surface area (Å²) >= 11 is 0. The largest absolute Gasteiger partial charge is 0.493 e. The Hall–Kier alpha value is -3.39. The Morgan fingerprint density at radius 2 is 1.68 bits per heavy atom. The van der Waals surface area contributed by atoms with Crippen molar-refractivity contribution in [3.63, 3.8) is 0 Å². The van der Waals surface area contributed by atoms with Crippen LogP contribution in [0.5, 0.6) is 11.5 Å². The number of benzene rings is 2. The smallest absolute Gasteiger partial charge is 0.260 e. The van der Waals surface area contributed by atoms with Crippen LogP contribution in [0.1, 0.15) is 5.89 Å². The third-order valence-electron chi connectivity index (χ3n) is 5.27. The van der Waals surface area contributed by atoms with E-state index >= 15 is 0 Å². The van der Waals surface area contributed by atoms with Crippen molar-refractivity contribution in [2.75, 3.05) is 46.4 Å². The van der Waals surface area contributed by atoms with Gasteiger partial charge in [0.15, 0.2) is 18.1 Å². The average Bonchev–Trinajstić information content (AvgIpc) is 3.31. The summed E-state index contributed by atoms with van der Waals surface area (Å²) in [6, 6.07) is 17.1. The number of ether oxygens (including phenoxy) is 2. The standard InChI is InChI=1S/C23H26N4O4/c1-29-19-9-5-6-10-20(19)30-17-22(28)27-15-13-26(14-16-27)12-11-21-24-25-23(31-21)18-7-3-2-4-8-18/h2-10H,11-17H2,1H3. The maximum absolute atomic E-state index is 12.5. The highest BCUT2D eigenvalue weighted by atomic mass is 16.5. The molecule has 0 N–H and O–H groups in total. The van der Waals surface area contributed by atoms with E-state index in [0.717, 1.165) is 25.2 Å². The molecule has 0 saturated carbocycles. The Morgan fingerprint density at radius 3 is 2.42 bits per heavy atom. The lowest BCUT2D eigenvalue weighted by atomic mass is 10.2. The van der Waals surface area contributed by atoms with Crippen molar-refractivity contribution >= 4 is 5.91 Å². The van der Waals surface area contributed by atoms with Crippen LogP contribution >= 0.6 is 0 Å². The highest BCUT2D eigenvalue weighted by Gasteiger charge is 2.22. The molecule has 8 nitrogen and oxygen atoms in total. The first-order chi connectivity index (χ1) is 15.2. The van der Waals surface area contributed by atoms with Gasteiger partial charge in [0, 0.05) is 44.7 Å². The molecule has 2 aromatic carbocycles. The van der Waals surface area contributed by atoms with Crippen molar-refractivity contribution in [1.82, 2.24) is 20.0 Å². The zero-order valence-electron chi connectivity index (χ0n) is 17.6. The molecule has 1 fully saturated rings.